The molecule has 0 radical (unpaired) electrons. The topological polar surface area (TPSA) is 151 Å². The second-order valence-electron chi connectivity index (χ2n) is 18.2. The fraction of sp³-hybridized carbons (Fsp3) is 0.692. The standard InChI is InChI=1S/C39H59N3O10Si/c1-35(2,3)50-33(45)40-20-16-28(43)47-26-15-18-39(49-29(44)17-21-41-34(46)51-36(4,5)6)27-23-24-13-14-25(52-53(11,12)37(7,8)9)31-30(24)38(39,32(26)48-31)19-22-42(27)10/h13-15,27,32H,16-23H2,1-12H3,(H,40,45)(H,41,46)/t27-,32+,38+,39-/m1/s1. The fourth-order valence-corrected chi connectivity index (χ4v) is 8.72. The Labute approximate surface area is 314 Å². The molecule has 1 aromatic rings. The van der Waals surface area contributed by atoms with Crippen LogP contribution in [-0.2, 0) is 40.4 Å². The van der Waals surface area contributed by atoms with Crippen LogP contribution in [0, 0.1) is 0 Å². The highest BCUT2D eigenvalue weighted by Crippen LogP contribution is 2.67. The van der Waals surface area contributed by atoms with Crippen molar-refractivity contribution in [2.24, 2.45) is 0 Å². The van der Waals surface area contributed by atoms with Crippen LogP contribution in [0.5, 0.6) is 11.5 Å². The molecule has 0 aromatic heterocycles. The summed E-state index contributed by atoms with van der Waals surface area (Å²) in [6, 6.07) is 3.88. The van der Waals surface area contributed by atoms with Gasteiger partial charge >= 0.3 is 24.1 Å². The number of piperidine rings is 1. The molecule has 1 fully saturated rings. The van der Waals surface area contributed by atoms with Crippen LogP contribution < -0.4 is 19.8 Å². The Morgan fingerprint density at radius 3 is 2.06 bits per heavy atom. The van der Waals surface area contributed by atoms with Gasteiger partial charge in [0.25, 0.3) is 8.32 Å². The van der Waals surface area contributed by atoms with E-state index in [0.717, 1.165) is 11.1 Å². The molecule has 4 atom stereocenters. The SMILES string of the molecule is CN1CC[C@]23c4c5ccc(O[Si](C)(C)C(C)(C)C)c4O[C@H]2C(OC(=O)CCNC(=O)OC(C)(C)C)=CC[C@@]3(OC(=O)CCNC(=O)OC(C)(C)C)[C@H]1C5. The normalized spacial score (nSPS) is 24.9. The molecule has 294 valence electrons. The summed E-state index contributed by atoms with van der Waals surface area (Å²) in [5.41, 5.74) is -1.30. The third kappa shape index (κ3) is 8.03. The zero-order chi connectivity index (χ0) is 39.4. The highest BCUT2D eigenvalue weighted by atomic mass is 28.4. The number of amides is 2. The third-order valence-corrected chi connectivity index (χ3v) is 15.3. The molecule has 2 aliphatic carbocycles. The van der Waals surface area contributed by atoms with Crippen LogP contribution >= 0.6 is 0 Å². The number of carbonyl (C=O) groups is 4. The van der Waals surface area contributed by atoms with Gasteiger partial charge in [0.1, 0.15) is 28.3 Å². The van der Waals surface area contributed by atoms with E-state index in [1.165, 1.54) is 0 Å². The third-order valence-electron chi connectivity index (χ3n) is 11.0. The maximum absolute atomic E-state index is 13.8. The van der Waals surface area contributed by atoms with Gasteiger partial charge < -0.3 is 38.7 Å². The fourth-order valence-electron chi connectivity index (χ4n) is 7.70. The number of nitrogens with zero attached hydrogens (tertiary/aromatic N) is 1. The van der Waals surface area contributed by atoms with Crippen molar-refractivity contribution in [1.29, 1.82) is 0 Å². The molecule has 0 saturated carbocycles. The lowest BCUT2D eigenvalue weighted by atomic mass is 9.50. The first-order valence-electron chi connectivity index (χ1n) is 18.7. The molecule has 2 N–H and O–H groups in total. The second-order valence-corrected chi connectivity index (χ2v) is 22.9. The van der Waals surface area contributed by atoms with E-state index in [2.05, 4.69) is 55.5 Å². The summed E-state index contributed by atoms with van der Waals surface area (Å²) in [7, 11) is -0.287. The van der Waals surface area contributed by atoms with Crippen molar-refractivity contribution >= 4 is 32.4 Å². The number of alkyl carbamates (subject to hydrolysis) is 2. The highest BCUT2D eigenvalue weighted by Gasteiger charge is 2.74. The Morgan fingerprint density at radius 2 is 1.49 bits per heavy atom. The summed E-state index contributed by atoms with van der Waals surface area (Å²) >= 11 is 0. The Kier molecular flexibility index (Phi) is 10.8. The molecule has 2 bridgehead atoms. The number of benzene rings is 1. The molecule has 14 heteroatoms. The number of carbonyl (C=O) groups excluding carboxylic acids is 4. The number of likely N-dealkylation sites (N-methyl/N-ethyl adjacent to an activating group) is 1. The molecule has 1 saturated heterocycles. The van der Waals surface area contributed by atoms with Crippen molar-refractivity contribution in [2.75, 3.05) is 26.7 Å². The van der Waals surface area contributed by atoms with Gasteiger partial charge in [-0.15, -0.1) is 0 Å². The van der Waals surface area contributed by atoms with E-state index in [0.29, 0.717) is 36.6 Å². The predicted molar refractivity (Wildman–Crippen MR) is 200 cm³/mol. The number of ether oxygens (including phenoxy) is 5. The minimum absolute atomic E-state index is 0.0261. The maximum atomic E-state index is 13.8. The molecular formula is C39H59N3O10Si. The van der Waals surface area contributed by atoms with E-state index in [1.807, 2.05) is 19.2 Å². The Morgan fingerprint density at radius 1 is 0.906 bits per heavy atom. The molecule has 2 heterocycles. The van der Waals surface area contributed by atoms with Crippen LogP contribution in [0.15, 0.2) is 24.0 Å². The maximum Gasteiger partial charge on any atom is 0.407 e. The monoisotopic (exact) mass is 757 g/mol. The highest BCUT2D eigenvalue weighted by molar-refractivity contribution is 6.74. The van der Waals surface area contributed by atoms with Gasteiger partial charge in [-0.25, -0.2) is 9.59 Å². The van der Waals surface area contributed by atoms with Crippen molar-refractivity contribution in [3.8, 4) is 11.5 Å². The average Bonchev–Trinajstić information content (AvgIpc) is 3.35. The van der Waals surface area contributed by atoms with Crippen molar-refractivity contribution in [2.45, 2.75) is 147 Å². The van der Waals surface area contributed by atoms with Crippen molar-refractivity contribution in [3.63, 3.8) is 0 Å². The van der Waals surface area contributed by atoms with Gasteiger partial charge in [-0.3, -0.25) is 14.5 Å². The number of hydrogen-bond acceptors (Lipinski definition) is 11. The van der Waals surface area contributed by atoms with Gasteiger partial charge in [-0.05, 0) is 104 Å². The molecule has 13 nitrogen and oxygen atoms in total. The van der Waals surface area contributed by atoms with Crippen molar-refractivity contribution in [3.05, 3.63) is 35.1 Å². The van der Waals surface area contributed by atoms with Crippen molar-refractivity contribution < 1.29 is 47.3 Å². The zero-order valence-corrected chi connectivity index (χ0v) is 34.6. The van der Waals surface area contributed by atoms with E-state index < -0.39 is 60.8 Å². The lowest BCUT2D eigenvalue weighted by molar-refractivity contribution is -0.206. The molecule has 53 heavy (non-hydrogen) atoms. The Hall–Kier alpha value is -3.78. The Bertz CT molecular complexity index is 1660. The minimum atomic E-state index is -2.33. The quantitative estimate of drug-likeness (QED) is 0.158. The number of hydrogen-bond donors (Lipinski definition) is 2. The van der Waals surface area contributed by atoms with E-state index in [-0.39, 0.29) is 43.4 Å². The zero-order valence-electron chi connectivity index (χ0n) is 33.6. The van der Waals surface area contributed by atoms with Gasteiger partial charge in [0.15, 0.2) is 11.9 Å². The van der Waals surface area contributed by atoms with E-state index in [9.17, 15) is 19.2 Å². The number of esters is 2. The molecule has 5 rings (SSSR count). The van der Waals surface area contributed by atoms with Gasteiger partial charge in [0, 0.05) is 25.1 Å². The lowest BCUT2D eigenvalue weighted by Crippen LogP contribution is -2.75. The van der Waals surface area contributed by atoms with Gasteiger partial charge in [-0.2, -0.15) is 0 Å². The van der Waals surface area contributed by atoms with Gasteiger partial charge in [0.05, 0.1) is 24.3 Å². The first-order chi connectivity index (χ1) is 24.4. The lowest BCUT2D eigenvalue weighted by Gasteiger charge is -2.62. The number of rotatable bonds is 10. The second kappa shape index (κ2) is 14.1. The Balaban J connectivity index is 1.49. The first kappa shape index (κ1) is 40.4. The molecule has 2 aliphatic heterocycles. The smallest absolute Gasteiger partial charge is 0.407 e. The predicted octanol–water partition coefficient (Wildman–Crippen LogP) is 6.27. The van der Waals surface area contributed by atoms with Crippen molar-refractivity contribution in [1.82, 2.24) is 15.5 Å². The van der Waals surface area contributed by atoms with Gasteiger partial charge in [0.2, 0.25) is 0 Å². The summed E-state index contributed by atoms with van der Waals surface area (Å²) in [5.74, 6) is 0.566. The molecule has 0 unspecified atom stereocenters. The summed E-state index contributed by atoms with van der Waals surface area (Å²) in [6.07, 6.45) is 1.08. The largest absolute Gasteiger partial charge is 0.541 e. The van der Waals surface area contributed by atoms with Crippen LogP contribution in [0.2, 0.25) is 18.1 Å². The minimum Gasteiger partial charge on any atom is -0.541 e. The number of nitrogens with one attached hydrogen (secondary N) is 2. The van der Waals surface area contributed by atoms with E-state index in [1.54, 1.807) is 41.5 Å². The molecular weight excluding hydrogens is 699 g/mol. The number of likely N-dealkylation sites (tertiary alicyclic amines) is 1. The molecule has 1 spiro atoms. The summed E-state index contributed by atoms with van der Waals surface area (Å²) < 4.78 is 37.3. The molecule has 2 amide bonds. The van der Waals surface area contributed by atoms with Crippen LogP contribution in [0.25, 0.3) is 0 Å². The summed E-state index contributed by atoms with van der Waals surface area (Å²) in [5, 5.41) is 5.19. The van der Waals surface area contributed by atoms with Gasteiger partial charge in [-0.1, -0.05) is 26.8 Å². The van der Waals surface area contributed by atoms with Crippen LogP contribution in [-0.4, -0.2) is 93.0 Å². The van der Waals surface area contributed by atoms with E-state index in [4.69, 9.17) is 28.1 Å². The summed E-state index contributed by atoms with van der Waals surface area (Å²) in [4.78, 5) is 53.9. The molecule has 4 aliphatic rings. The van der Waals surface area contributed by atoms with Crippen LogP contribution in [0.3, 0.4) is 0 Å². The van der Waals surface area contributed by atoms with Crippen LogP contribution in [0.1, 0.15) is 99.1 Å². The van der Waals surface area contributed by atoms with Crippen LogP contribution in [0.4, 0.5) is 9.59 Å². The average molecular weight is 758 g/mol. The molecule has 1 aromatic carbocycles. The van der Waals surface area contributed by atoms with E-state index >= 15 is 0 Å². The summed E-state index contributed by atoms with van der Waals surface area (Å²) in [6.45, 7) is 22.3. The first-order valence-corrected chi connectivity index (χ1v) is 21.6.